The molecule has 1 N–H and O–H groups in total. The topological polar surface area (TPSA) is 86.8 Å². The summed E-state index contributed by atoms with van der Waals surface area (Å²) in [5.41, 5.74) is 1.05. The van der Waals surface area contributed by atoms with Crippen LogP contribution in [0.15, 0.2) is 77.7 Å². The van der Waals surface area contributed by atoms with Gasteiger partial charge in [-0.1, -0.05) is 42.0 Å². The summed E-state index contributed by atoms with van der Waals surface area (Å²) in [7, 11) is -4.37. The molecule has 3 rings (SSSR count). The monoisotopic (exact) mass is 543 g/mol. The van der Waals surface area contributed by atoms with Crippen LogP contribution in [0.2, 0.25) is 0 Å². The third kappa shape index (κ3) is 6.95. The summed E-state index contributed by atoms with van der Waals surface area (Å²) in [4.78, 5) is 27.6. The normalized spacial score (nSPS) is 12.2. The van der Waals surface area contributed by atoms with Gasteiger partial charge in [-0.05, 0) is 69.7 Å². The predicted octanol–water partition coefficient (Wildman–Crippen LogP) is 4.41. The van der Waals surface area contributed by atoms with E-state index in [0.717, 1.165) is 11.6 Å². The molecule has 0 aliphatic heterocycles. The molecule has 10 heteroatoms. The fourth-order valence-electron chi connectivity index (χ4n) is 3.78. The standard InChI is InChI=1S/C28H31F2N3O4S/c1-19(2)31-28(35)21(4)32(17-22-11-13-23(29)14-12-22)27(34)18-33(26-8-6-5-7-25(26)30)38(36,37)24-15-9-20(3)10-16-24/h5-16,19,21H,17-18H2,1-4H3,(H,31,35)/t21-/m1/s1. The van der Waals surface area contributed by atoms with Gasteiger partial charge < -0.3 is 10.2 Å². The van der Waals surface area contributed by atoms with E-state index in [-0.39, 0.29) is 23.2 Å². The van der Waals surface area contributed by atoms with Gasteiger partial charge in [0, 0.05) is 12.6 Å². The summed E-state index contributed by atoms with van der Waals surface area (Å²) in [6.07, 6.45) is 0. The van der Waals surface area contributed by atoms with Gasteiger partial charge in [-0.3, -0.25) is 13.9 Å². The molecule has 7 nitrogen and oxygen atoms in total. The van der Waals surface area contributed by atoms with Crippen LogP contribution in [0.25, 0.3) is 0 Å². The second kappa shape index (κ2) is 12.2. The third-order valence-electron chi connectivity index (χ3n) is 5.87. The van der Waals surface area contributed by atoms with Crippen molar-refractivity contribution < 1.29 is 26.8 Å². The van der Waals surface area contributed by atoms with Crippen molar-refractivity contribution in [3.05, 3.63) is 95.6 Å². The Morgan fingerprint density at radius 1 is 0.895 bits per heavy atom. The van der Waals surface area contributed by atoms with Gasteiger partial charge >= 0.3 is 0 Å². The van der Waals surface area contributed by atoms with Gasteiger partial charge in [-0.25, -0.2) is 17.2 Å². The number of nitrogens with zero attached hydrogens (tertiary/aromatic N) is 2. The summed E-state index contributed by atoms with van der Waals surface area (Å²) >= 11 is 0. The molecule has 0 aliphatic rings. The Hall–Kier alpha value is -3.79. The van der Waals surface area contributed by atoms with Crippen molar-refractivity contribution in [2.45, 2.75) is 51.2 Å². The summed E-state index contributed by atoms with van der Waals surface area (Å²) < 4.78 is 56.4. The van der Waals surface area contributed by atoms with Crippen LogP contribution < -0.4 is 9.62 Å². The van der Waals surface area contributed by atoms with Gasteiger partial charge in [0.1, 0.15) is 24.2 Å². The van der Waals surface area contributed by atoms with Crippen LogP contribution >= 0.6 is 0 Å². The molecule has 0 bridgehead atoms. The Balaban J connectivity index is 2.04. The Morgan fingerprint density at radius 2 is 1.50 bits per heavy atom. The van der Waals surface area contributed by atoms with E-state index in [1.165, 1.54) is 66.4 Å². The van der Waals surface area contributed by atoms with E-state index >= 15 is 0 Å². The largest absolute Gasteiger partial charge is 0.352 e. The number of amides is 2. The van der Waals surface area contributed by atoms with Crippen molar-refractivity contribution in [3.8, 4) is 0 Å². The summed E-state index contributed by atoms with van der Waals surface area (Å²) in [5.74, 6) is -2.48. The summed E-state index contributed by atoms with van der Waals surface area (Å²) in [6, 6.07) is 15.4. The highest BCUT2D eigenvalue weighted by Gasteiger charge is 2.33. The molecule has 0 saturated carbocycles. The van der Waals surface area contributed by atoms with Crippen molar-refractivity contribution in [1.82, 2.24) is 10.2 Å². The minimum absolute atomic E-state index is 0.0957. The second-order valence-electron chi connectivity index (χ2n) is 9.26. The number of carbonyl (C=O) groups excluding carboxylic acids is 2. The van der Waals surface area contributed by atoms with Crippen molar-refractivity contribution in [1.29, 1.82) is 0 Å². The predicted molar refractivity (Wildman–Crippen MR) is 142 cm³/mol. The first-order chi connectivity index (χ1) is 17.9. The molecule has 1 atom stereocenters. The third-order valence-corrected chi connectivity index (χ3v) is 7.65. The molecule has 2 amide bonds. The maximum absolute atomic E-state index is 14.9. The molecule has 0 spiro atoms. The number of nitrogens with one attached hydrogen (secondary N) is 1. The van der Waals surface area contributed by atoms with Gasteiger partial charge in [0.2, 0.25) is 11.8 Å². The quantitative estimate of drug-likeness (QED) is 0.411. The molecule has 0 aromatic heterocycles. The van der Waals surface area contributed by atoms with Crippen LogP contribution in [0.5, 0.6) is 0 Å². The molecular weight excluding hydrogens is 512 g/mol. The smallest absolute Gasteiger partial charge is 0.264 e. The van der Waals surface area contributed by atoms with E-state index in [1.807, 2.05) is 0 Å². The number of para-hydroxylation sites is 1. The maximum atomic E-state index is 14.9. The van der Waals surface area contributed by atoms with Crippen LogP contribution in [0, 0.1) is 18.6 Å². The van der Waals surface area contributed by atoms with Gasteiger partial charge in [-0.2, -0.15) is 0 Å². The molecule has 202 valence electrons. The van der Waals surface area contributed by atoms with Crippen molar-refractivity contribution in [3.63, 3.8) is 0 Å². The minimum atomic E-state index is -4.37. The molecule has 3 aromatic rings. The van der Waals surface area contributed by atoms with E-state index < -0.39 is 46.1 Å². The fraction of sp³-hybridized carbons (Fsp3) is 0.286. The summed E-state index contributed by atoms with van der Waals surface area (Å²) in [5, 5.41) is 2.74. The van der Waals surface area contributed by atoms with E-state index in [1.54, 1.807) is 32.9 Å². The van der Waals surface area contributed by atoms with E-state index in [4.69, 9.17) is 0 Å². The van der Waals surface area contributed by atoms with Crippen LogP contribution in [-0.2, 0) is 26.2 Å². The highest BCUT2D eigenvalue weighted by molar-refractivity contribution is 7.92. The molecule has 0 saturated heterocycles. The first-order valence-electron chi connectivity index (χ1n) is 12.1. The fourth-order valence-corrected chi connectivity index (χ4v) is 5.20. The zero-order valence-electron chi connectivity index (χ0n) is 21.7. The lowest BCUT2D eigenvalue weighted by atomic mass is 10.1. The van der Waals surface area contributed by atoms with Crippen LogP contribution in [0.1, 0.15) is 31.9 Å². The molecule has 0 radical (unpaired) electrons. The van der Waals surface area contributed by atoms with Gasteiger partial charge in [0.15, 0.2) is 0 Å². The second-order valence-corrected chi connectivity index (χ2v) is 11.1. The highest BCUT2D eigenvalue weighted by Crippen LogP contribution is 2.27. The maximum Gasteiger partial charge on any atom is 0.264 e. The van der Waals surface area contributed by atoms with Crippen molar-refractivity contribution in [2.24, 2.45) is 0 Å². The van der Waals surface area contributed by atoms with Crippen molar-refractivity contribution in [2.75, 3.05) is 10.8 Å². The first-order valence-corrected chi connectivity index (χ1v) is 13.5. The zero-order chi connectivity index (χ0) is 28.0. The lowest BCUT2D eigenvalue weighted by molar-refractivity contribution is -0.139. The summed E-state index contributed by atoms with van der Waals surface area (Å²) in [6.45, 7) is 5.99. The van der Waals surface area contributed by atoms with Gasteiger partial charge in [0.05, 0.1) is 10.6 Å². The Labute approximate surface area is 222 Å². The van der Waals surface area contributed by atoms with Gasteiger partial charge in [0.25, 0.3) is 10.0 Å². The van der Waals surface area contributed by atoms with Crippen LogP contribution in [0.3, 0.4) is 0 Å². The number of hydrogen-bond donors (Lipinski definition) is 1. The van der Waals surface area contributed by atoms with E-state index in [9.17, 15) is 26.8 Å². The first kappa shape index (κ1) is 28.8. The van der Waals surface area contributed by atoms with E-state index in [0.29, 0.717) is 9.87 Å². The number of aryl methyl sites for hydroxylation is 1. The van der Waals surface area contributed by atoms with Crippen LogP contribution in [0.4, 0.5) is 14.5 Å². The lowest BCUT2D eigenvalue weighted by Gasteiger charge is -2.32. The molecular formula is C28H31F2N3O4S. The van der Waals surface area contributed by atoms with Crippen molar-refractivity contribution >= 4 is 27.5 Å². The highest BCUT2D eigenvalue weighted by atomic mass is 32.2. The average molecular weight is 544 g/mol. The number of carbonyl (C=O) groups is 2. The minimum Gasteiger partial charge on any atom is -0.352 e. The number of benzene rings is 3. The molecule has 0 heterocycles. The number of hydrogen-bond acceptors (Lipinski definition) is 4. The molecule has 3 aromatic carbocycles. The zero-order valence-corrected chi connectivity index (χ0v) is 22.5. The Kier molecular flexibility index (Phi) is 9.22. The van der Waals surface area contributed by atoms with E-state index in [2.05, 4.69) is 5.32 Å². The molecule has 0 aliphatic carbocycles. The molecule has 0 fully saturated rings. The van der Waals surface area contributed by atoms with Crippen LogP contribution in [-0.4, -0.2) is 43.8 Å². The molecule has 38 heavy (non-hydrogen) atoms. The SMILES string of the molecule is Cc1ccc(S(=O)(=O)N(CC(=O)N(Cc2ccc(F)cc2)[C@H](C)C(=O)NC(C)C)c2ccccc2F)cc1. The number of halogens is 2. The Morgan fingerprint density at radius 3 is 2.08 bits per heavy atom. The number of anilines is 1. The number of sulfonamides is 1. The van der Waals surface area contributed by atoms with Gasteiger partial charge in [-0.15, -0.1) is 0 Å². The number of rotatable bonds is 10. The lowest BCUT2D eigenvalue weighted by Crippen LogP contribution is -2.52. The average Bonchev–Trinajstić information content (AvgIpc) is 2.86. The Bertz CT molecular complexity index is 1380. The molecule has 0 unspecified atom stereocenters.